The molecule has 2 saturated carbocycles. The molecule has 0 spiro atoms. The number of carbonyl (C=O) groups is 1. The summed E-state index contributed by atoms with van der Waals surface area (Å²) < 4.78 is 43.7. The molecule has 3 atom stereocenters. The highest BCUT2D eigenvalue weighted by atomic mass is 35.5. The molecule has 168 valence electrons. The molecule has 6 nitrogen and oxygen atoms in total. The van der Waals surface area contributed by atoms with Gasteiger partial charge in [-0.25, -0.2) is 18.2 Å². The third kappa shape index (κ3) is 3.31. The number of fused-ring (bicyclic) bond motifs is 1. The first-order valence-corrected chi connectivity index (χ1v) is 10.6. The molecule has 32 heavy (non-hydrogen) atoms. The maximum Gasteiger partial charge on any atom is 0.303 e. The van der Waals surface area contributed by atoms with Crippen LogP contribution in [0.15, 0.2) is 47.5 Å². The van der Waals surface area contributed by atoms with Gasteiger partial charge in [0.25, 0.3) is 6.43 Å². The Kier molecular flexibility index (Phi) is 4.86. The summed E-state index contributed by atoms with van der Waals surface area (Å²) in [5, 5.41) is 3.33. The van der Waals surface area contributed by atoms with E-state index in [1.165, 1.54) is 12.1 Å². The van der Waals surface area contributed by atoms with Crippen molar-refractivity contribution in [1.29, 1.82) is 0 Å². The van der Waals surface area contributed by atoms with Crippen molar-refractivity contribution in [3.63, 3.8) is 0 Å². The van der Waals surface area contributed by atoms with Crippen LogP contribution in [0.2, 0.25) is 5.02 Å². The molecule has 2 aromatic carbocycles. The first-order chi connectivity index (χ1) is 15.3. The molecule has 5 rings (SSSR count). The van der Waals surface area contributed by atoms with Crippen molar-refractivity contribution < 1.29 is 22.8 Å². The minimum absolute atomic E-state index is 0.204. The number of amidine groups is 1. The number of nitrogens with one attached hydrogen (secondary N) is 2. The van der Waals surface area contributed by atoms with E-state index in [0.717, 1.165) is 11.6 Å². The van der Waals surface area contributed by atoms with Crippen molar-refractivity contribution >= 4 is 29.2 Å². The van der Waals surface area contributed by atoms with Crippen LogP contribution in [0.3, 0.4) is 0 Å². The topological polar surface area (TPSA) is 88.7 Å². The van der Waals surface area contributed by atoms with Crippen molar-refractivity contribution in [2.75, 3.05) is 5.32 Å². The molecule has 0 unspecified atom stereocenters. The third-order valence-corrected chi connectivity index (χ3v) is 6.79. The number of benzene rings is 2. The zero-order valence-electron chi connectivity index (χ0n) is 16.7. The minimum atomic E-state index is -3.04. The number of nitrogens with zero attached hydrogens (tertiary/aromatic N) is 1. The van der Waals surface area contributed by atoms with Crippen LogP contribution >= 0.6 is 11.6 Å². The minimum Gasteiger partial charge on any atom is -0.371 e. The number of aliphatic imine (C=N–C) groups is 1. The Morgan fingerprint density at radius 3 is 2.62 bits per heavy atom. The van der Waals surface area contributed by atoms with Crippen molar-refractivity contribution in [2.24, 2.45) is 16.6 Å². The Hall–Kier alpha value is -2.78. The summed E-state index contributed by atoms with van der Waals surface area (Å²) in [5.74, 6) is -1.85. The van der Waals surface area contributed by atoms with Gasteiger partial charge in [-0.2, -0.15) is 0 Å². The Morgan fingerprint density at radius 2 is 1.97 bits per heavy atom. The normalized spacial score (nSPS) is 27.6. The molecule has 0 saturated heterocycles. The SMILES string of the molecule is NC1=N[C@@](c2cc(NC(=O)C3(c4ccc(Cl)cc4)CC3)ccc2F)(C(F)F)[C@H]2C[C@@H]2NO1. The smallest absolute Gasteiger partial charge is 0.303 e. The van der Waals surface area contributed by atoms with E-state index in [1.807, 2.05) is 0 Å². The number of hydrogen-bond acceptors (Lipinski definition) is 5. The van der Waals surface area contributed by atoms with Gasteiger partial charge in [0.2, 0.25) is 5.91 Å². The van der Waals surface area contributed by atoms with Crippen LogP contribution in [0.4, 0.5) is 18.9 Å². The highest BCUT2D eigenvalue weighted by Crippen LogP contribution is 2.54. The molecular formula is C22H20ClF3N4O2. The van der Waals surface area contributed by atoms with Gasteiger partial charge in [0.15, 0.2) is 5.54 Å². The molecule has 0 aromatic heterocycles. The van der Waals surface area contributed by atoms with Crippen molar-refractivity contribution in [3.8, 4) is 0 Å². The molecule has 0 radical (unpaired) electrons. The molecule has 4 N–H and O–H groups in total. The lowest BCUT2D eigenvalue weighted by molar-refractivity contribution is -0.118. The standard InChI is InChI=1S/C22H20ClF3N4O2/c23-12-3-1-11(2-4-12)21(7-8-21)19(31)28-13-5-6-16(24)14(9-13)22(18(25)26)15-10-17(15)30-32-20(27)29-22/h1-6,9,15,17-18,30H,7-8,10H2,(H2,27,29)(H,28,31)/t15-,17-,22+/m0/s1. The average molecular weight is 465 g/mol. The van der Waals surface area contributed by atoms with Gasteiger partial charge < -0.3 is 15.9 Å². The Balaban J connectivity index is 1.49. The van der Waals surface area contributed by atoms with E-state index < -0.39 is 41.2 Å². The predicted molar refractivity (Wildman–Crippen MR) is 113 cm³/mol. The Morgan fingerprint density at radius 1 is 1.25 bits per heavy atom. The van der Waals surface area contributed by atoms with Crippen LogP contribution in [0.1, 0.15) is 30.4 Å². The van der Waals surface area contributed by atoms with Gasteiger partial charge in [-0.3, -0.25) is 4.79 Å². The summed E-state index contributed by atoms with van der Waals surface area (Å²) in [4.78, 5) is 21.9. The third-order valence-electron chi connectivity index (χ3n) is 6.54. The molecule has 2 fully saturated rings. The molecule has 0 bridgehead atoms. The second kappa shape index (κ2) is 7.38. The van der Waals surface area contributed by atoms with Gasteiger partial charge in [0.05, 0.1) is 5.41 Å². The molecule has 2 aromatic rings. The summed E-state index contributed by atoms with van der Waals surface area (Å²) in [6.07, 6.45) is -1.42. The fraction of sp³-hybridized carbons (Fsp3) is 0.364. The quantitative estimate of drug-likeness (QED) is 0.627. The second-order valence-electron chi connectivity index (χ2n) is 8.48. The number of alkyl halides is 2. The van der Waals surface area contributed by atoms with Crippen LogP contribution in [0.25, 0.3) is 0 Å². The van der Waals surface area contributed by atoms with Crippen LogP contribution in [-0.2, 0) is 20.6 Å². The zero-order chi connectivity index (χ0) is 22.7. The van der Waals surface area contributed by atoms with Crippen LogP contribution < -0.4 is 16.5 Å². The molecule has 3 aliphatic rings. The van der Waals surface area contributed by atoms with Gasteiger partial charge >= 0.3 is 6.02 Å². The highest BCUT2D eigenvalue weighted by Gasteiger charge is 2.62. The van der Waals surface area contributed by atoms with Crippen LogP contribution in [-0.4, -0.2) is 24.4 Å². The largest absolute Gasteiger partial charge is 0.371 e. The lowest BCUT2D eigenvalue weighted by Gasteiger charge is -2.30. The van der Waals surface area contributed by atoms with E-state index in [0.29, 0.717) is 24.3 Å². The fourth-order valence-electron chi connectivity index (χ4n) is 4.53. The summed E-state index contributed by atoms with van der Waals surface area (Å²) in [7, 11) is 0. The predicted octanol–water partition coefficient (Wildman–Crippen LogP) is 3.85. The molecular weight excluding hydrogens is 445 g/mol. The van der Waals surface area contributed by atoms with Crippen molar-refractivity contribution in [3.05, 3.63) is 64.4 Å². The Bertz CT molecular complexity index is 1110. The van der Waals surface area contributed by atoms with Gasteiger partial charge in [-0.1, -0.05) is 23.7 Å². The lowest BCUT2D eigenvalue weighted by Crippen LogP contribution is -2.38. The number of halogens is 4. The van der Waals surface area contributed by atoms with Gasteiger partial charge in [0.1, 0.15) is 5.82 Å². The lowest BCUT2D eigenvalue weighted by atomic mass is 9.84. The van der Waals surface area contributed by atoms with Gasteiger partial charge in [0, 0.05) is 28.2 Å². The number of hydrogen-bond donors (Lipinski definition) is 3. The average Bonchev–Trinajstić information content (AvgIpc) is 3.66. The van der Waals surface area contributed by atoms with Crippen LogP contribution in [0.5, 0.6) is 0 Å². The Labute approximate surface area is 186 Å². The first kappa shape index (κ1) is 21.1. The second-order valence-corrected chi connectivity index (χ2v) is 8.92. The zero-order valence-corrected chi connectivity index (χ0v) is 17.5. The van der Waals surface area contributed by atoms with E-state index in [1.54, 1.807) is 24.3 Å². The molecule has 10 heteroatoms. The summed E-state index contributed by atoms with van der Waals surface area (Å²) in [6.45, 7) is 0. The van der Waals surface area contributed by atoms with Gasteiger partial charge in [-0.15, -0.1) is 5.48 Å². The maximum absolute atomic E-state index is 14.9. The fourth-order valence-corrected chi connectivity index (χ4v) is 4.65. The van der Waals surface area contributed by atoms with Crippen LogP contribution in [0, 0.1) is 11.7 Å². The molecule has 1 heterocycles. The van der Waals surface area contributed by atoms with Crippen molar-refractivity contribution in [2.45, 2.75) is 42.7 Å². The number of rotatable bonds is 5. The number of carbonyl (C=O) groups excluding carboxylic acids is 1. The maximum atomic E-state index is 14.9. The number of hydroxylamine groups is 1. The van der Waals surface area contributed by atoms with E-state index in [-0.39, 0.29) is 17.2 Å². The monoisotopic (exact) mass is 464 g/mol. The number of nitrogens with two attached hydrogens (primary N) is 1. The number of anilines is 1. The summed E-state index contributed by atoms with van der Waals surface area (Å²) in [6, 6.07) is 9.70. The molecule has 1 amide bonds. The summed E-state index contributed by atoms with van der Waals surface area (Å²) >= 11 is 5.94. The highest BCUT2D eigenvalue weighted by molar-refractivity contribution is 6.30. The molecule has 2 aliphatic carbocycles. The van der Waals surface area contributed by atoms with Crippen molar-refractivity contribution in [1.82, 2.24) is 5.48 Å². The summed E-state index contributed by atoms with van der Waals surface area (Å²) in [5.41, 5.74) is 5.94. The van der Waals surface area contributed by atoms with Gasteiger partial charge in [-0.05, 0) is 55.2 Å². The van der Waals surface area contributed by atoms with E-state index in [2.05, 4.69) is 15.8 Å². The van der Waals surface area contributed by atoms with E-state index in [4.69, 9.17) is 22.2 Å². The number of amides is 1. The van der Waals surface area contributed by atoms with E-state index >= 15 is 0 Å². The molecule has 1 aliphatic heterocycles. The van der Waals surface area contributed by atoms with E-state index in [9.17, 15) is 18.0 Å². The first-order valence-electron chi connectivity index (χ1n) is 10.2.